The molecule has 0 bridgehead atoms. The number of ether oxygens (including phenoxy) is 2. The highest BCUT2D eigenvalue weighted by Crippen LogP contribution is 2.27. The van der Waals surface area contributed by atoms with Crippen molar-refractivity contribution in [2.45, 2.75) is 6.92 Å². The average Bonchev–Trinajstić information content (AvgIpc) is 2.85. The van der Waals surface area contributed by atoms with Crippen molar-refractivity contribution in [3.05, 3.63) is 92.5 Å². The number of methoxy groups -OCH3 is 1. The number of nitro groups is 1. The van der Waals surface area contributed by atoms with Crippen molar-refractivity contribution in [1.29, 1.82) is 0 Å². The van der Waals surface area contributed by atoms with Gasteiger partial charge >= 0.3 is 0 Å². The van der Waals surface area contributed by atoms with Gasteiger partial charge in [-0.2, -0.15) is 5.10 Å². The molecule has 0 saturated heterocycles. The molecular weight excluding hydrogens is 476 g/mol. The zero-order valence-corrected chi connectivity index (χ0v) is 19.5. The van der Waals surface area contributed by atoms with Gasteiger partial charge in [0.1, 0.15) is 0 Å². The number of hydrogen-bond donors (Lipinski definition) is 2. The first-order valence-electron chi connectivity index (χ1n) is 10.2. The molecule has 2 N–H and O–H groups in total. The summed E-state index contributed by atoms with van der Waals surface area (Å²) < 4.78 is 10.9. The van der Waals surface area contributed by atoms with Gasteiger partial charge < -0.3 is 14.8 Å². The zero-order valence-electron chi connectivity index (χ0n) is 18.8. The predicted octanol–water partition coefficient (Wildman–Crippen LogP) is 4.35. The number of nitrogens with zero attached hydrogens (tertiary/aromatic N) is 2. The van der Waals surface area contributed by atoms with Gasteiger partial charge in [-0.15, -0.1) is 0 Å². The zero-order chi connectivity index (χ0) is 25.4. The molecule has 3 aromatic rings. The van der Waals surface area contributed by atoms with Crippen LogP contribution in [0.1, 0.15) is 21.5 Å². The molecular formula is C24H21ClN4O6. The van der Waals surface area contributed by atoms with Crippen LogP contribution in [0, 0.1) is 17.0 Å². The number of amides is 2. The SMILES string of the molecule is COc1cc(/C=N/NC(=O)c2ccc([N+](=O)[O-])cc2)ccc1OCC(=O)Nc1ccc(C)c(Cl)c1. The number of carbonyl (C=O) groups excluding carboxylic acids is 2. The van der Waals surface area contributed by atoms with Crippen LogP contribution in [0.2, 0.25) is 5.02 Å². The molecule has 11 heteroatoms. The molecule has 0 aliphatic rings. The van der Waals surface area contributed by atoms with Crippen LogP contribution in [0.3, 0.4) is 0 Å². The third-order valence-electron chi connectivity index (χ3n) is 4.72. The number of non-ortho nitro benzene ring substituents is 1. The quantitative estimate of drug-likeness (QED) is 0.257. The van der Waals surface area contributed by atoms with Gasteiger partial charge in [0.2, 0.25) is 0 Å². The Labute approximate surface area is 205 Å². The van der Waals surface area contributed by atoms with E-state index in [0.29, 0.717) is 27.8 Å². The molecule has 0 aliphatic heterocycles. The van der Waals surface area contributed by atoms with Crippen molar-refractivity contribution >= 4 is 41.0 Å². The van der Waals surface area contributed by atoms with E-state index in [2.05, 4.69) is 15.8 Å². The third kappa shape index (κ3) is 7.02. The van der Waals surface area contributed by atoms with Gasteiger partial charge in [-0.05, 0) is 60.5 Å². The van der Waals surface area contributed by atoms with Crippen LogP contribution in [0.5, 0.6) is 11.5 Å². The van der Waals surface area contributed by atoms with Crippen LogP contribution in [0.25, 0.3) is 0 Å². The van der Waals surface area contributed by atoms with Crippen LogP contribution in [0.4, 0.5) is 11.4 Å². The molecule has 0 heterocycles. The predicted molar refractivity (Wildman–Crippen MR) is 131 cm³/mol. The Kier molecular flexibility index (Phi) is 8.36. The van der Waals surface area contributed by atoms with Crippen molar-refractivity contribution < 1.29 is 24.0 Å². The van der Waals surface area contributed by atoms with E-state index < -0.39 is 10.8 Å². The lowest BCUT2D eigenvalue weighted by Gasteiger charge is -2.12. The molecule has 0 spiro atoms. The van der Waals surface area contributed by atoms with Gasteiger partial charge in [0.15, 0.2) is 18.1 Å². The highest BCUT2D eigenvalue weighted by molar-refractivity contribution is 6.31. The Hall–Kier alpha value is -4.44. The fourth-order valence-corrected chi connectivity index (χ4v) is 3.04. The number of hydrogen-bond acceptors (Lipinski definition) is 7. The second kappa shape index (κ2) is 11.6. The fourth-order valence-electron chi connectivity index (χ4n) is 2.86. The number of benzene rings is 3. The van der Waals surface area contributed by atoms with E-state index in [-0.39, 0.29) is 23.8 Å². The summed E-state index contributed by atoms with van der Waals surface area (Å²) in [5.41, 5.74) is 4.51. The first-order valence-corrected chi connectivity index (χ1v) is 10.6. The van der Waals surface area contributed by atoms with Gasteiger partial charge in [0, 0.05) is 28.4 Å². The maximum absolute atomic E-state index is 12.2. The number of nitro benzene ring substituents is 1. The number of hydrazone groups is 1. The summed E-state index contributed by atoms with van der Waals surface area (Å²) in [4.78, 5) is 34.5. The Morgan fingerprint density at radius 2 is 1.83 bits per heavy atom. The lowest BCUT2D eigenvalue weighted by Crippen LogP contribution is -2.20. The van der Waals surface area contributed by atoms with Crippen molar-refractivity contribution in [3.8, 4) is 11.5 Å². The number of halogens is 1. The highest BCUT2D eigenvalue weighted by Gasteiger charge is 2.11. The maximum Gasteiger partial charge on any atom is 0.271 e. The van der Waals surface area contributed by atoms with E-state index in [1.165, 1.54) is 37.6 Å². The van der Waals surface area contributed by atoms with Crippen LogP contribution in [-0.2, 0) is 4.79 Å². The summed E-state index contributed by atoms with van der Waals surface area (Å²) in [7, 11) is 1.45. The largest absolute Gasteiger partial charge is 0.493 e. The molecule has 3 aromatic carbocycles. The number of aryl methyl sites for hydroxylation is 1. The Morgan fingerprint density at radius 1 is 1.09 bits per heavy atom. The lowest BCUT2D eigenvalue weighted by molar-refractivity contribution is -0.384. The molecule has 2 amide bonds. The molecule has 3 rings (SSSR count). The highest BCUT2D eigenvalue weighted by atomic mass is 35.5. The number of carbonyl (C=O) groups is 2. The normalized spacial score (nSPS) is 10.6. The fraction of sp³-hybridized carbons (Fsp3) is 0.125. The smallest absolute Gasteiger partial charge is 0.271 e. The second-order valence-electron chi connectivity index (χ2n) is 7.21. The first-order chi connectivity index (χ1) is 16.8. The van der Waals surface area contributed by atoms with E-state index in [9.17, 15) is 19.7 Å². The van der Waals surface area contributed by atoms with Crippen LogP contribution >= 0.6 is 11.6 Å². The van der Waals surface area contributed by atoms with Crippen molar-refractivity contribution in [2.24, 2.45) is 5.10 Å². The molecule has 0 radical (unpaired) electrons. The summed E-state index contributed by atoms with van der Waals surface area (Å²) in [5, 5.41) is 17.8. The molecule has 0 fully saturated rings. The van der Waals surface area contributed by atoms with Crippen molar-refractivity contribution in [3.63, 3.8) is 0 Å². The summed E-state index contributed by atoms with van der Waals surface area (Å²) in [6.45, 7) is 1.62. The van der Waals surface area contributed by atoms with Gasteiger partial charge in [-0.3, -0.25) is 19.7 Å². The summed E-state index contributed by atoms with van der Waals surface area (Å²) in [6.07, 6.45) is 1.39. The maximum atomic E-state index is 12.2. The van der Waals surface area contributed by atoms with E-state index in [1.807, 2.05) is 6.92 Å². The van der Waals surface area contributed by atoms with Crippen molar-refractivity contribution in [2.75, 3.05) is 19.0 Å². The first kappa shape index (κ1) is 25.2. The molecule has 0 saturated carbocycles. The van der Waals surface area contributed by atoms with E-state index >= 15 is 0 Å². The van der Waals surface area contributed by atoms with Gasteiger partial charge in [-0.25, -0.2) is 5.43 Å². The molecule has 180 valence electrons. The summed E-state index contributed by atoms with van der Waals surface area (Å²) in [6, 6.07) is 15.2. The Balaban J connectivity index is 1.56. The Morgan fingerprint density at radius 3 is 2.49 bits per heavy atom. The monoisotopic (exact) mass is 496 g/mol. The number of rotatable bonds is 9. The van der Waals surface area contributed by atoms with E-state index in [1.54, 1.807) is 36.4 Å². The van der Waals surface area contributed by atoms with Gasteiger partial charge in [0.05, 0.1) is 18.2 Å². The molecule has 0 aromatic heterocycles. The minimum atomic E-state index is -0.549. The van der Waals surface area contributed by atoms with Gasteiger partial charge in [-0.1, -0.05) is 17.7 Å². The average molecular weight is 497 g/mol. The van der Waals surface area contributed by atoms with E-state index in [0.717, 1.165) is 5.56 Å². The summed E-state index contributed by atoms with van der Waals surface area (Å²) in [5.74, 6) is -0.186. The van der Waals surface area contributed by atoms with Crippen LogP contribution in [0.15, 0.2) is 65.8 Å². The van der Waals surface area contributed by atoms with Gasteiger partial charge in [0.25, 0.3) is 17.5 Å². The van der Waals surface area contributed by atoms with Crippen LogP contribution in [-0.4, -0.2) is 36.7 Å². The van der Waals surface area contributed by atoms with E-state index in [4.69, 9.17) is 21.1 Å². The van der Waals surface area contributed by atoms with Crippen molar-refractivity contribution in [1.82, 2.24) is 5.43 Å². The number of nitrogens with one attached hydrogen (secondary N) is 2. The standard InChI is InChI=1S/C24H21ClN4O6/c1-15-3-7-18(12-20(15)25)27-23(30)14-35-21-10-4-16(11-22(21)34-2)13-26-28-24(31)17-5-8-19(9-6-17)29(32)33/h3-13H,14H2,1-2H3,(H,27,30)(H,28,31)/b26-13+. The third-order valence-corrected chi connectivity index (χ3v) is 5.13. The number of anilines is 1. The second-order valence-corrected chi connectivity index (χ2v) is 7.62. The molecule has 10 nitrogen and oxygen atoms in total. The molecule has 0 aliphatic carbocycles. The molecule has 0 unspecified atom stereocenters. The molecule has 35 heavy (non-hydrogen) atoms. The molecule has 0 atom stereocenters. The van der Waals surface area contributed by atoms with Crippen LogP contribution < -0.4 is 20.2 Å². The minimum absolute atomic E-state index is 0.114. The summed E-state index contributed by atoms with van der Waals surface area (Å²) >= 11 is 6.07. The Bertz CT molecular complexity index is 1280. The minimum Gasteiger partial charge on any atom is -0.493 e. The lowest BCUT2D eigenvalue weighted by atomic mass is 10.2. The topological polar surface area (TPSA) is 132 Å².